The number of unbranched alkanes of at least 4 members (excludes halogenated alkanes) is 1. The summed E-state index contributed by atoms with van der Waals surface area (Å²) in [7, 11) is 0. The summed E-state index contributed by atoms with van der Waals surface area (Å²) in [5, 5.41) is 0. The van der Waals surface area contributed by atoms with Crippen LogP contribution in [0.1, 0.15) is 46.5 Å². The van der Waals surface area contributed by atoms with E-state index in [-0.39, 0.29) is 0 Å². The Labute approximate surface area is 64.8 Å². The van der Waals surface area contributed by atoms with E-state index in [4.69, 9.17) is 4.74 Å². The first kappa shape index (κ1) is 9.96. The van der Waals surface area contributed by atoms with E-state index in [9.17, 15) is 0 Å². The van der Waals surface area contributed by atoms with Gasteiger partial charge in [0.25, 0.3) is 0 Å². The lowest BCUT2D eigenvalue weighted by Crippen LogP contribution is -2.10. The number of rotatable bonds is 6. The highest BCUT2D eigenvalue weighted by Crippen LogP contribution is 2.03. The molecule has 10 heavy (non-hydrogen) atoms. The lowest BCUT2D eigenvalue weighted by Gasteiger charge is -2.12. The lowest BCUT2D eigenvalue weighted by molar-refractivity contribution is 0.0465. The maximum Gasteiger partial charge on any atom is 0.0569 e. The van der Waals surface area contributed by atoms with E-state index in [2.05, 4.69) is 20.8 Å². The van der Waals surface area contributed by atoms with Gasteiger partial charge in [0.15, 0.2) is 0 Å². The predicted octanol–water partition coefficient (Wildman–Crippen LogP) is 2.99. The van der Waals surface area contributed by atoms with Crippen molar-refractivity contribution in [1.29, 1.82) is 0 Å². The van der Waals surface area contributed by atoms with E-state index in [0.717, 1.165) is 19.4 Å². The zero-order valence-electron chi connectivity index (χ0n) is 7.52. The monoisotopic (exact) mass is 144 g/mol. The third-order valence-electron chi connectivity index (χ3n) is 1.76. The fraction of sp³-hybridized carbons (Fsp3) is 1.00. The second-order valence-corrected chi connectivity index (χ2v) is 2.66. The summed E-state index contributed by atoms with van der Waals surface area (Å²) in [6, 6.07) is 0. The van der Waals surface area contributed by atoms with Gasteiger partial charge in [-0.2, -0.15) is 0 Å². The van der Waals surface area contributed by atoms with Crippen LogP contribution in [0.5, 0.6) is 0 Å². The maximum atomic E-state index is 5.58. The molecule has 0 saturated heterocycles. The molecule has 0 aliphatic rings. The van der Waals surface area contributed by atoms with Crippen LogP contribution in [0.15, 0.2) is 0 Å². The minimum atomic E-state index is 0.506. The molecule has 0 heterocycles. The largest absolute Gasteiger partial charge is 0.378 e. The Hall–Kier alpha value is -0.0400. The van der Waals surface area contributed by atoms with E-state index in [1.807, 2.05) is 0 Å². The van der Waals surface area contributed by atoms with Gasteiger partial charge < -0.3 is 4.74 Å². The first-order chi connectivity index (χ1) is 4.85. The second kappa shape index (κ2) is 7.07. The lowest BCUT2D eigenvalue weighted by atomic mass is 10.2. The van der Waals surface area contributed by atoms with Gasteiger partial charge in [-0.1, -0.05) is 27.2 Å². The van der Waals surface area contributed by atoms with E-state index < -0.39 is 0 Å². The van der Waals surface area contributed by atoms with Gasteiger partial charge in [-0.05, 0) is 19.3 Å². The highest BCUT2D eigenvalue weighted by atomic mass is 16.5. The van der Waals surface area contributed by atoms with Crippen molar-refractivity contribution in [1.82, 2.24) is 0 Å². The topological polar surface area (TPSA) is 9.23 Å². The van der Waals surface area contributed by atoms with Crippen LogP contribution in [0.3, 0.4) is 0 Å². The van der Waals surface area contributed by atoms with Crippen molar-refractivity contribution in [2.75, 3.05) is 6.61 Å². The first-order valence-electron chi connectivity index (χ1n) is 4.46. The SMILES string of the molecule is CCCCOC(CC)CC. The number of ether oxygens (including phenoxy) is 1. The van der Waals surface area contributed by atoms with Crippen molar-refractivity contribution in [2.45, 2.75) is 52.6 Å². The Balaban J connectivity index is 3.09. The summed E-state index contributed by atoms with van der Waals surface area (Å²) in [4.78, 5) is 0. The third kappa shape index (κ3) is 4.80. The standard InChI is InChI=1S/C9H20O/c1-4-7-8-10-9(5-2)6-3/h9H,4-8H2,1-3H3. The van der Waals surface area contributed by atoms with Crippen LogP contribution < -0.4 is 0 Å². The Kier molecular flexibility index (Phi) is 7.04. The number of hydrogen-bond acceptors (Lipinski definition) is 1. The maximum absolute atomic E-state index is 5.58. The molecule has 1 heteroatoms. The molecular weight excluding hydrogens is 124 g/mol. The van der Waals surface area contributed by atoms with Crippen molar-refractivity contribution in [3.63, 3.8) is 0 Å². The van der Waals surface area contributed by atoms with Gasteiger partial charge in [0.05, 0.1) is 6.10 Å². The fourth-order valence-corrected chi connectivity index (χ4v) is 0.919. The van der Waals surface area contributed by atoms with E-state index in [1.165, 1.54) is 12.8 Å². The van der Waals surface area contributed by atoms with Gasteiger partial charge >= 0.3 is 0 Å². The minimum absolute atomic E-state index is 0.506. The molecule has 0 aliphatic heterocycles. The van der Waals surface area contributed by atoms with Crippen LogP contribution in [-0.2, 0) is 4.74 Å². The molecule has 0 bridgehead atoms. The Morgan fingerprint density at radius 3 is 2.10 bits per heavy atom. The van der Waals surface area contributed by atoms with Crippen LogP contribution >= 0.6 is 0 Å². The van der Waals surface area contributed by atoms with E-state index in [0.29, 0.717) is 6.10 Å². The summed E-state index contributed by atoms with van der Waals surface area (Å²) in [5.74, 6) is 0. The highest BCUT2D eigenvalue weighted by Gasteiger charge is 2.00. The molecule has 0 unspecified atom stereocenters. The Bertz CT molecular complexity index is 57.7. The Morgan fingerprint density at radius 2 is 1.70 bits per heavy atom. The molecular formula is C9H20O. The molecule has 0 N–H and O–H groups in total. The van der Waals surface area contributed by atoms with Gasteiger partial charge in [0, 0.05) is 6.61 Å². The van der Waals surface area contributed by atoms with Crippen molar-refractivity contribution in [3.8, 4) is 0 Å². The zero-order valence-corrected chi connectivity index (χ0v) is 7.52. The molecule has 0 aromatic rings. The molecule has 0 aliphatic carbocycles. The summed E-state index contributed by atoms with van der Waals surface area (Å²) in [6.45, 7) is 7.50. The Morgan fingerprint density at radius 1 is 1.10 bits per heavy atom. The molecule has 0 rings (SSSR count). The predicted molar refractivity (Wildman–Crippen MR) is 45.2 cm³/mol. The molecule has 0 atom stereocenters. The second-order valence-electron chi connectivity index (χ2n) is 2.66. The molecule has 1 nitrogen and oxygen atoms in total. The summed E-state index contributed by atoms with van der Waals surface area (Å²) in [6.07, 6.45) is 5.25. The summed E-state index contributed by atoms with van der Waals surface area (Å²) >= 11 is 0. The average molecular weight is 144 g/mol. The van der Waals surface area contributed by atoms with Gasteiger partial charge in [-0.3, -0.25) is 0 Å². The molecule has 0 fully saturated rings. The van der Waals surface area contributed by atoms with Crippen LogP contribution in [0, 0.1) is 0 Å². The molecule has 0 aromatic heterocycles. The van der Waals surface area contributed by atoms with Gasteiger partial charge in [-0.15, -0.1) is 0 Å². The van der Waals surface area contributed by atoms with Gasteiger partial charge in [-0.25, -0.2) is 0 Å². The molecule has 0 amide bonds. The van der Waals surface area contributed by atoms with Crippen LogP contribution in [0.2, 0.25) is 0 Å². The van der Waals surface area contributed by atoms with Crippen LogP contribution in [-0.4, -0.2) is 12.7 Å². The quantitative estimate of drug-likeness (QED) is 0.521. The molecule has 62 valence electrons. The van der Waals surface area contributed by atoms with Crippen molar-refractivity contribution < 1.29 is 4.74 Å². The van der Waals surface area contributed by atoms with Crippen LogP contribution in [0.25, 0.3) is 0 Å². The summed E-state index contributed by atoms with van der Waals surface area (Å²) < 4.78 is 5.58. The third-order valence-corrected chi connectivity index (χ3v) is 1.76. The van der Waals surface area contributed by atoms with Crippen molar-refractivity contribution in [2.24, 2.45) is 0 Å². The molecule has 0 saturated carbocycles. The molecule has 0 aromatic carbocycles. The smallest absolute Gasteiger partial charge is 0.0569 e. The van der Waals surface area contributed by atoms with Crippen molar-refractivity contribution >= 4 is 0 Å². The summed E-state index contributed by atoms with van der Waals surface area (Å²) in [5.41, 5.74) is 0. The number of hydrogen-bond donors (Lipinski definition) is 0. The van der Waals surface area contributed by atoms with Gasteiger partial charge in [0.1, 0.15) is 0 Å². The molecule has 0 spiro atoms. The van der Waals surface area contributed by atoms with Gasteiger partial charge in [0.2, 0.25) is 0 Å². The van der Waals surface area contributed by atoms with E-state index in [1.54, 1.807) is 0 Å². The molecule has 0 radical (unpaired) electrons. The average Bonchev–Trinajstić information content (AvgIpc) is 1.99. The fourth-order valence-electron chi connectivity index (χ4n) is 0.919. The zero-order chi connectivity index (χ0) is 7.82. The highest BCUT2D eigenvalue weighted by molar-refractivity contribution is 4.50. The normalized spacial score (nSPS) is 10.8. The van der Waals surface area contributed by atoms with E-state index >= 15 is 0 Å². The van der Waals surface area contributed by atoms with Crippen molar-refractivity contribution in [3.05, 3.63) is 0 Å². The first-order valence-corrected chi connectivity index (χ1v) is 4.46. The minimum Gasteiger partial charge on any atom is -0.378 e. The van der Waals surface area contributed by atoms with Crippen LogP contribution in [0.4, 0.5) is 0 Å².